The van der Waals surface area contributed by atoms with Crippen molar-refractivity contribution in [1.82, 2.24) is 29.7 Å². The summed E-state index contributed by atoms with van der Waals surface area (Å²) < 4.78 is 15.0. The maximum atomic E-state index is 13.3. The molecule has 0 fully saturated rings. The van der Waals surface area contributed by atoms with Crippen molar-refractivity contribution in [2.45, 2.75) is 81.7 Å². The number of halogens is 1. The summed E-state index contributed by atoms with van der Waals surface area (Å²) in [6.45, 7) is 1.86. The molecule has 0 saturated heterocycles. The summed E-state index contributed by atoms with van der Waals surface area (Å²) in [5.41, 5.74) is 1.81. The van der Waals surface area contributed by atoms with Gasteiger partial charge in [0.2, 0.25) is 5.91 Å². The van der Waals surface area contributed by atoms with Gasteiger partial charge in [0.25, 0.3) is 5.56 Å². The fourth-order valence-corrected chi connectivity index (χ4v) is 5.39. The van der Waals surface area contributed by atoms with Crippen LogP contribution in [0, 0.1) is 5.82 Å². The SMILES string of the molecule is CN(C)CCCCCCCCCCCNC(=O)Cn1cc(Cc2cncnc2)c(=O)nc1SCc1ccc(F)cc1. The highest BCUT2D eigenvalue weighted by Gasteiger charge is 2.13. The van der Waals surface area contributed by atoms with Gasteiger partial charge in [-0.2, -0.15) is 4.98 Å². The normalized spacial score (nSPS) is 11.2. The Hall–Kier alpha value is -3.11. The van der Waals surface area contributed by atoms with Crippen LogP contribution in [0.4, 0.5) is 4.39 Å². The van der Waals surface area contributed by atoms with Crippen molar-refractivity contribution in [2.75, 3.05) is 27.2 Å². The van der Waals surface area contributed by atoms with Crippen molar-refractivity contribution < 1.29 is 9.18 Å². The van der Waals surface area contributed by atoms with Gasteiger partial charge in [0.1, 0.15) is 18.7 Å². The van der Waals surface area contributed by atoms with Crippen molar-refractivity contribution in [3.8, 4) is 0 Å². The summed E-state index contributed by atoms with van der Waals surface area (Å²) in [5.74, 6) is 0.0766. The number of carbonyl (C=O) groups excluding carboxylic acids is 1. The molecule has 10 heteroatoms. The van der Waals surface area contributed by atoms with Crippen molar-refractivity contribution in [3.63, 3.8) is 0 Å². The van der Waals surface area contributed by atoms with Gasteiger partial charge in [-0.15, -0.1) is 0 Å². The molecule has 0 atom stereocenters. The summed E-state index contributed by atoms with van der Waals surface area (Å²) in [6, 6.07) is 6.21. The van der Waals surface area contributed by atoms with Crippen LogP contribution < -0.4 is 10.9 Å². The maximum absolute atomic E-state index is 13.3. The van der Waals surface area contributed by atoms with E-state index in [1.54, 1.807) is 35.3 Å². The third kappa shape index (κ3) is 12.9. The minimum absolute atomic E-state index is 0.0607. The molecule has 2 aromatic heterocycles. The van der Waals surface area contributed by atoms with Gasteiger partial charge in [-0.1, -0.05) is 68.8 Å². The molecule has 0 spiro atoms. The van der Waals surface area contributed by atoms with E-state index in [2.05, 4.69) is 39.3 Å². The molecule has 8 nitrogen and oxygen atoms in total. The van der Waals surface area contributed by atoms with Crippen LogP contribution in [0.3, 0.4) is 0 Å². The molecule has 0 saturated carbocycles. The van der Waals surface area contributed by atoms with E-state index in [9.17, 15) is 14.0 Å². The summed E-state index contributed by atoms with van der Waals surface area (Å²) >= 11 is 1.35. The number of amides is 1. The second-order valence-electron chi connectivity index (χ2n) is 10.7. The first-order valence-electron chi connectivity index (χ1n) is 14.5. The number of carbonyl (C=O) groups is 1. The number of hydrogen-bond donors (Lipinski definition) is 1. The van der Waals surface area contributed by atoms with Gasteiger partial charge < -0.3 is 14.8 Å². The molecule has 1 N–H and O–H groups in total. The number of nitrogens with one attached hydrogen (secondary N) is 1. The molecule has 2 heterocycles. The lowest BCUT2D eigenvalue weighted by Crippen LogP contribution is -2.30. The highest BCUT2D eigenvalue weighted by Crippen LogP contribution is 2.21. The number of rotatable bonds is 19. The van der Waals surface area contributed by atoms with Gasteiger partial charge in [-0.3, -0.25) is 9.59 Å². The van der Waals surface area contributed by atoms with Gasteiger partial charge in [0, 0.05) is 42.9 Å². The van der Waals surface area contributed by atoms with E-state index in [-0.39, 0.29) is 23.8 Å². The summed E-state index contributed by atoms with van der Waals surface area (Å²) in [5, 5.41) is 3.46. The van der Waals surface area contributed by atoms with Gasteiger partial charge in [0.05, 0.1) is 0 Å². The molecule has 1 aromatic carbocycles. The molecule has 3 aromatic rings. The Morgan fingerprint density at radius 3 is 2.22 bits per heavy atom. The Balaban J connectivity index is 1.47. The van der Waals surface area contributed by atoms with Crippen molar-refractivity contribution in [3.05, 3.63) is 82.0 Å². The van der Waals surface area contributed by atoms with Crippen molar-refractivity contribution in [1.29, 1.82) is 0 Å². The smallest absolute Gasteiger partial charge is 0.277 e. The topological polar surface area (TPSA) is 93.0 Å². The molecule has 3 rings (SSSR count). The first-order chi connectivity index (χ1) is 19.9. The van der Waals surface area contributed by atoms with Crippen LogP contribution >= 0.6 is 11.8 Å². The summed E-state index contributed by atoms with van der Waals surface area (Å²) in [4.78, 5) is 40.2. The maximum Gasteiger partial charge on any atom is 0.277 e. The van der Waals surface area contributed by atoms with Crippen LogP contribution in [-0.4, -0.2) is 57.5 Å². The van der Waals surface area contributed by atoms with E-state index in [1.807, 2.05) is 0 Å². The number of aromatic nitrogens is 4. The van der Waals surface area contributed by atoms with Crippen LogP contribution in [-0.2, 0) is 23.5 Å². The Labute approximate surface area is 247 Å². The van der Waals surface area contributed by atoms with Crippen LogP contribution in [0.1, 0.15) is 74.5 Å². The first kappa shape index (κ1) is 32.4. The van der Waals surface area contributed by atoms with E-state index in [4.69, 9.17) is 0 Å². The largest absolute Gasteiger partial charge is 0.355 e. The average Bonchev–Trinajstić information content (AvgIpc) is 2.95. The molecule has 0 radical (unpaired) electrons. The van der Waals surface area contributed by atoms with E-state index < -0.39 is 0 Å². The van der Waals surface area contributed by atoms with E-state index in [0.717, 1.165) is 24.0 Å². The fraction of sp³-hybridized carbons (Fsp3) is 0.516. The minimum Gasteiger partial charge on any atom is -0.355 e. The number of thioether (sulfide) groups is 1. The molecule has 41 heavy (non-hydrogen) atoms. The lowest BCUT2D eigenvalue weighted by molar-refractivity contribution is -0.121. The predicted octanol–water partition coefficient (Wildman–Crippen LogP) is 5.24. The van der Waals surface area contributed by atoms with Crippen LogP contribution in [0.5, 0.6) is 0 Å². The van der Waals surface area contributed by atoms with Crippen molar-refractivity contribution in [2.24, 2.45) is 0 Å². The van der Waals surface area contributed by atoms with Crippen molar-refractivity contribution >= 4 is 17.7 Å². The Morgan fingerprint density at radius 2 is 1.56 bits per heavy atom. The second-order valence-corrected chi connectivity index (χ2v) is 11.6. The number of benzene rings is 1. The molecule has 222 valence electrons. The molecular formula is C31H43FN6O2S. The first-order valence-corrected chi connectivity index (χ1v) is 15.5. The highest BCUT2D eigenvalue weighted by molar-refractivity contribution is 7.98. The third-order valence-corrected chi connectivity index (χ3v) is 7.80. The van der Waals surface area contributed by atoms with E-state index in [1.165, 1.54) is 81.7 Å². The Kier molecular flexibility index (Phi) is 14.5. The fourth-order valence-electron chi connectivity index (χ4n) is 4.47. The van der Waals surface area contributed by atoms with E-state index >= 15 is 0 Å². The molecule has 0 unspecified atom stereocenters. The minimum atomic E-state index is -0.347. The molecular weight excluding hydrogens is 539 g/mol. The molecule has 0 aliphatic carbocycles. The number of nitrogens with zero attached hydrogens (tertiary/aromatic N) is 5. The molecule has 0 aliphatic rings. The number of unbranched alkanes of at least 4 members (excludes halogenated alkanes) is 8. The zero-order valence-corrected chi connectivity index (χ0v) is 25.2. The lowest BCUT2D eigenvalue weighted by atomic mass is 10.1. The quantitative estimate of drug-likeness (QED) is 0.117. The summed E-state index contributed by atoms with van der Waals surface area (Å²) in [7, 11) is 4.24. The zero-order valence-electron chi connectivity index (χ0n) is 24.4. The van der Waals surface area contributed by atoms with Gasteiger partial charge in [-0.25, -0.2) is 14.4 Å². The summed E-state index contributed by atoms with van der Waals surface area (Å²) in [6.07, 6.45) is 17.8. The van der Waals surface area contributed by atoms with E-state index in [0.29, 0.717) is 29.4 Å². The van der Waals surface area contributed by atoms with Crippen LogP contribution in [0.2, 0.25) is 0 Å². The van der Waals surface area contributed by atoms with Crippen LogP contribution in [0.25, 0.3) is 0 Å². The monoisotopic (exact) mass is 582 g/mol. The second kappa shape index (κ2) is 18.3. The highest BCUT2D eigenvalue weighted by atomic mass is 32.2. The van der Waals surface area contributed by atoms with Crippen LogP contribution in [0.15, 0.2) is 59.1 Å². The Morgan fingerprint density at radius 1 is 0.927 bits per heavy atom. The molecule has 0 bridgehead atoms. The van der Waals surface area contributed by atoms with Gasteiger partial charge >= 0.3 is 0 Å². The van der Waals surface area contributed by atoms with Gasteiger partial charge in [-0.05, 0) is 56.7 Å². The molecule has 0 aliphatic heterocycles. The third-order valence-electron chi connectivity index (χ3n) is 6.74. The standard InChI is InChI=1S/C31H43FN6O2S/c1-37(2)17-11-9-7-5-3-4-6-8-10-16-35-29(39)22-38-21-27(18-26-19-33-24-34-20-26)30(40)36-31(38)41-23-25-12-14-28(32)15-13-25/h12-15,19-21,24H,3-11,16-18,22-23H2,1-2H3,(H,35,39). The lowest BCUT2D eigenvalue weighted by Gasteiger charge is -2.14. The number of hydrogen-bond acceptors (Lipinski definition) is 7. The Bertz CT molecular complexity index is 1240. The van der Waals surface area contributed by atoms with Gasteiger partial charge in [0.15, 0.2) is 5.16 Å². The zero-order chi connectivity index (χ0) is 29.3. The molecule has 1 amide bonds. The average molecular weight is 583 g/mol. The predicted molar refractivity (Wildman–Crippen MR) is 162 cm³/mol.